The van der Waals surface area contributed by atoms with Gasteiger partial charge in [0.2, 0.25) is 0 Å². The summed E-state index contributed by atoms with van der Waals surface area (Å²) in [6.07, 6.45) is 4.63. The summed E-state index contributed by atoms with van der Waals surface area (Å²) in [6, 6.07) is 8.73. The normalized spacial score (nSPS) is 11.1. The van der Waals surface area contributed by atoms with E-state index in [4.69, 9.17) is 44.3 Å². The summed E-state index contributed by atoms with van der Waals surface area (Å²) in [6.45, 7) is 0.155. The second kappa shape index (κ2) is 8.40. The minimum Gasteiger partial charge on any atom is -0.493 e. The van der Waals surface area contributed by atoms with Crippen LogP contribution in [-0.2, 0) is 6.61 Å². The van der Waals surface area contributed by atoms with E-state index >= 15 is 0 Å². The fraction of sp³-hybridized carbons (Fsp3) is 0.118. The zero-order valence-electron chi connectivity index (χ0n) is 13.6. The Balaban J connectivity index is 1.77. The summed E-state index contributed by atoms with van der Waals surface area (Å²) in [4.78, 5) is 0. The van der Waals surface area contributed by atoms with E-state index in [1.807, 2.05) is 6.07 Å². The molecule has 0 atom stereocenters. The predicted octanol–water partition coefficient (Wildman–Crippen LogP) is 4.71. The molecule has 0 aliphatic heterocycles. The van der Waals surface area contributed by atoms with Crippen molar-refractivity contribution in [3.05, 3.63) is 69.2 Å². The molecule has 9 heteroatoms. The lowest BCUT2D eigenvalue weighted by Crippen LogP contribution is -2.00. The molecular weight excluding hydrogens is 399 g/mol. The van der Waals surface area contributed by atoms with Crippen LogP contribution in [0.4, 0.5) is 0 Å². The summed E-state index contributed by atoms with van der Waals surface area (Å²) in [5.41, 5.74) is 1.43. The number of benzene rings is 2. The predicted molar refractivity (Wildman–Crippen MR) is 102 cm³/mol. The van der Waals surface area contributed by atoms with Crippen molar-refractivity contribution in [2.45, 2.75) is 6.61 Å². The number of aromatic nitrogens is 3. The van der Waals surface area contributed by atoms with Crippen molar-refractivity contribution in [3.8, 4) is 11.5 Å². The van der Waals surface area contributed by atoms with E-state index in [0.29, 0.717) is 32.1 Å². The first kappa shape index (κ1) is 18.5. The second-order valence-electron chi connectivity index (χ2n) is 5.11. The highest BCUT2D eigenvalue weighted by molar-refractivity contribution is 6.44. The first-order valence-corrected chi connectivity index (χ1v) is 8.54. The van der Waals surface area contributed by atoms with Crippen LogP contribution in [0.15, 0.2) is 48.1 Å². The molecule has 0 bridgehead atoms. The van der Waals surface area contributed by atoms with Gasteiger partial charge in [0.25, 0.3) is 0 Å². The van der Waals surface area contributed by atoms with Gasteiger partial charge in [-0.2, -0.15) is 5.10 Å². The van der Waals surface area contributed by atoms with E-state index in [-0.39, 0.29) is 6.61 Å². The van der Waals surface area contributed by atoms with Crippen LogP contribution in [0.25, 0.3) is 0 Å². The Morgan fingerprint density at radius 1 is 1.04 bits per heavy atom. The van der Waals surface area contributed by atoms with Crippen LogP contribution in [0.5, 0.6) is 11.5 Å². The van der Waals surface area contributed by atoms with Gasteiger partial charge in [-0.3, -0.25) is 0 Å². The van der Waals surface area contributed by atoms with E-state index in [1.165, 1.54) is 17.3 Å². The smallest absolute Gasteiger partial charge is 0.161 e. The molecule has 6 nitrogen and oxygen atoms in total. The van der Waals surface area contributed by atoms with E-state index in [0.717, 1.165) is 5.56 Å². The molecule has 0 unspecified atom stereocenters. The largest absolute Gasteiger partial charge is 0.493 e. The monoisotopic (exact) mass is 410 g/mol. The highest BCUT2D eigenvalue weighted by atomic mass is 35.5. The van der Waals surface area contributed by atoms with Crippen LogP contribution >= 0.6 is 34.8 Å². The molecule has 0 aliphatic rings. The number of hydrogen-bond donors (Lipinski definition) is 0. The Kier molecular flexibility index (Phi) is 5.98. The first-order valence-electron chi connectivity index (χ1n) is 7.40. The van der Waals surface area contributed by atoms with Gasteiger partial charge in [0.15, 0.2) is 11.5 Å². The molecule has 3 aromatic rings. The van der Waals surface area contributed by atoms with Gasteiger partial charge in [-0.25, -0.2) is 4.68 Å². The Bertz CT molecular complexity index is 930. The minimum absolute atomic E-state index is 0.155. The Labute approximate surface area is 164 Å². The summed E-state index contributed by atoms with van der Waals surface area (Å²) in [5, 5.41) is 12.8. The van der Waals surface area contributed by atoms with Crippen LogP contribution in [0.2, 0.25) is 15.1 Å². The maximum atomic E-state index is 6.20. The van der Waals surface area contributed by atoms with Crippen LogP contribution in [-0.4, -0.2) is 28.2 Å². The number of halogens is 3. The quantitative estimate of drug-likeness (QED) is 0.435. The van der Waals surface area contributed by atoms with Crippen LogP contribution in [0, 0.1) is 0 Å². The standard InChI is InChI=1S/C17H13Cl3N4O2/c1-25-16-6-11(7-23-24-9-21-22-10-24)2-5-15(16)26-8-12-13(18)3-4-14(19)17(12)20/h2-7,9-10H,8H2,1H3. The molecule has 0 aliphatic carbocycles. The highest BCUT2D eigenvalue weighted by Crippen LogP contribution is 2.34. The highest BCUT2D eigenvalue weighted by Gasteiger charge is 2.12. The van der Waals surface area contributed by atoms with Gasteiger partial charge in [-0.05, 0) is 35.9 Å². The number of ether oxygens (including phenoxy) is 2. The Morgan fingerprint density at radius 2 is 1.77 bits per heavy atom. The van der Waals surface area contributed by atoms with Crippen LogP contribution in [0.3, 0.4) is 0 Å². The Morgan fingerprint density at radius 3 is 2.50 bits per heavy atom. The molecule has 134 valence electrons. The topological polar surface area (TPSA) is 61.5 Å². The van der Waals surface area contributed by atoms with E-state index in [9.17, 15) is 0 Å². The molecule has 0 radical (unpaired) electrons. The van der Waals surface area contributed by atoms with Crippen molar-refractivity contribution >= 4 is 41.0 Å². The molecule has 1 aromatic heterocycles. The average molecular weight is 412 g/mol. The first-order chi connectivity index (χ1) is 12.6. The van der Waals surface area contributed by atoms with Crippen molar-refractivity contribution in [2.24, 2.45) is 5.10 Å². The molecule has 0 fully saturated rings. The number of methoxy groups -OCH3 is 1. The lowest BCUT2D eigenvalue weighted by molar-refractivity contribution is 0.284. The third kappa shape index (κ3) is 4.27. The minimum atomic E-state index is 0.155. The van der Waals surface area contributed by atoms with E-state index in [1.54, 1.807) is 37.6 Å². The van der Waals surface area contributed by atoms with Crippen molar-refractivity contribution in [3.63, 3.8) is 0 Å². The third-order valence-corrected chi connectivity index (χ3v) is 4.64. The summed E-state index contributed by atoms with van der Waals surface area (Å²) < 4.78 is 12.7. The second-order valence-corrected chi connectivity index (χ2v) is 6.30. The van der Waals surface area contributed by atoms with Crippen LogP contribution < -0.4 is 9.47 Å². The molecule has 3 rings (SSSR count). The fourth-order valence-electron chi connectivity index (χ4n) is 2.12. The SMILES string of the molecule is COc1cc(C=Nn2cnnc2)ccc1OCc1c(Cl)ccc(Cl)c1Cl. The van der Waals surface area contributed by atoms with Crippen molar-refractivity contribution in [1.82, 2.24) is 14.9 Å². The van der Waals surface area contributed by atoms with Gasteiger partial charge in [0.05, 0.1) is 23.4 Å². The maximum Gasteiger partial charge on any atom is 0.161 e. The van der Waals surface area contributed by atoms with Crippen molar-refractivity contribution < 1.29 is 9.47 Å². The molecule has 0 spiro atoms. The van der Waals surface area contributed by atoms with Gasteiger partial charge in [0.1, 0.15) is 19.3 Å². The van der Waals surface area contributed by atoms with Crippen LogP contribution in [0.1, 0.15) is 11.1 Å². The molecule has 0 N–H and O–H groups in total. The molecule has 26 heavy (non-hydrogen) atoms. The molecule has 2 aromatic carbocycles. The number of hydrogen-bond acceptors (Lipinski definition) is 5. The fourth-order valence-corrected chi connectivity index (χ4v) is 2.78. The molecule has 1 heterocycles. The molecule has 0 saturated carbocycles. The van der Waals surface area contributed by atoms with Gasteiger partial charge < -0.3 is 9.47 Å². The zero-order chi connectivity index (χ0) is 18.5. The molecule has 0 saturated heterocycles. The summed E-state index contributed by atoms with van der Waals surface area (Å²) >= 11 is 18.4. The van der Waals surface area contributed by atoms with Crippen molar-refractivity contribution in [1.29, 1.82) is 0 Å². The van der Waals surface area contributed by atoms with E-state index in [2.05, 4.69) is 15.3 Å². The summed E-state index contributed by atoms with van der Waals surface area (Å²) in [5.74, 6) is 1.09. The van der Waals surface area contributed by atoms with Gasteiger partial charge in [-0.15, -0.1) is 10.2 Å². The maximum absolute atomic E-state index is 6.20. The Hall–Kier alpha value is -2.28. The summed E-state index contributed by atoms with van der Waals surface area (Å²) in [7, 11) is 1.56. The van der Waals surface area contributed by atoms with E-state index < -0.39 is 0 Å². The van der Waals surface area contributed by atoms with Crippen molar-refractivity contribution in [2.75, 3.05) is 7.11 Å². The lowest BCUT2D eigenvalue weighted by atomic mass is 10.2. The van der Waals surface area contributed by atoms with Gasteiger partial charge in [-0.1, -0.05) is 34.8 Å². The third-order valence-electron chi connectivity index (χ3n) is 3.45. The number of nitrogens with zero attached hydrogens (tertiary/aromatic N) is 4. The lowest BCUT2D eigenvalue weighted by Gasteiger charge is -2.13. The zero-order valence-corrected chi connectivity index (χ0v) is 15.8. The number of rotatable bonds is 6. The molecular formula is C17H13Cl3N4O2. The molecule has 0 amide bonds. The van der Waals surface area contributed by atoms with Gasteiger partial charge in [0, 0.05) is 10.6 Å². The average Bonchev–Trinajstić information content (AvgIpc) is 3.17. The van der Waals surface area contributed by atoms with Gasteiger partial charge >= 0.3 is 0 Å².